The van der Waals surface area contributed by atoms with E-state index in [0.717, 1.165) is 38.2 Å². The first-order valence-electron chi connectivity index (χ1n) is 5.73. The molecule has 0 spiro atoms. The maximum atomic E-state index is 5.65. The Morgan fingerprint density at radius 3 is 2.93 bits per heavy atom. The summed E-state index contributed by atoms with van der Waals surface area (Å²) in [4.78, 5) is 0. The highest BCUT2D eigenvalue weighted by Crippen LogP contribution is 2.29. The van der Waals surface area contributed by atoms with E-state index in [4.69, 9.17) is 15.3 Å². The highest BCUT2D eigenvalue weighted by molar-refractivity contribution is 5.08. The molecule has 2 rings (SSSR count). The van der Waals surface area contributed by atoms with Crippen molar-refractivity contribution in [1.82, 2.24) is 5.43 Å². The summed E-state index contributed by atoms with van der Waals surface area (Å²) < 4.78 is 11.2. The maximum absolute atomic E-state index is 5.65. The quantitative estimate of drug-likeness (QED) is 0.540. The van der Waals surface area contributed by atoms with E-state index >= 15 is 0 Å². The van der Waals surface area contributed by atoms with Crippen LogP contribution in [0, 0.1) is 5.92 Å². The molecule has 0 aromatic carbocycles. The predicted octanol–water partition coefficient (Wildman–Crippen LogP) is 0.938. The third-order valence-corrected chi connectivity index (χ3v) is 3.31. The number of hydrogen-bond donors (Lipinski definition) is 2. The van der Waals surface area contributed by atoms with Crippen LogP contribution in [0.2, 0.25) is 0 Å². The second-order valence-corrected chi connectivity index (χ2v) is 4.27. The van der Waals surface area contributed by atoms with Gasteiger partial charge in [-0.3, -0.25) is 5.84 Å². The molecular weight excluding hydrogens is 192 g/mol. The summed E-state index contributed by atoms with van der Waals surface area (Å²) in [6, 6.07) is 0.114. The molecule has 1 saturated heterocycles. The molecule has 3 N–H and O–H groups in total. The molecule has 15 heavy (non-hydrogen) atoms. The van der Waals surface area contributed by atoms with Gasteiger partial charge in [-0.05, 0) is 32.3 Å². The zero-order valence-corrected chi connectivity index (χ0v) is 9.24. The van der Waals surface area contributed by atoms with Crippen molar-refractivity contribution in [1.29, 1.82) is 0 Å². The van der Waals surface area contributed by atoms with Crippen molar-refractivity contribution in [2.45, 2.75) is 38.3 Å². The first-order valence-corrected chi connectivity index (χ1v) is 5.73. The molecular formula is C11H20N2O2. The van der Waals surface area contributed by atoms with Crippen LogP contribution in [0.15, 0.2) is 11.8 Å². The number of rotatable bonds is 3. The molecule has 0 radical (unpaired) electrons. The Morgan fingerprint density at radius 1 is 1.53 bits per heavy atom. The summed E-state index contributed by atoms with van der Waals surface area (Å²) in [6.07, 6.45) is 5.67. The molecule has 3 unspecified atom stereocenters. The zero-order chi connectivity index (χ0) is 10.7. The van der Waals surface area contributed by atoms with E-state index in [1.54, 1.807) is 0 Å². The van der Waals surface area contributed by atoms with Gasteiger partial charge >= 0.3 is 0 Å². The molecule has 86 valence electrons. The van der Waals surface area contributed by atoms with Gasteiger partial charge in [0.15, 0.2) is 0 Å². The molecule has 0 aliphatic carbocycles. The minimum absolute atomic E-state index is 0.114. The third kappa shape index (κ3) is 2.33. The van der Waals surface area contributed by atoms with Gasteiger partial charge in [-0.2, -0.15) is 0 Å². The van der Waals surface area contributed by atoms with Crippen LogP contribution in [-0.4, -0.2) is 25.4 Å². The monoisotopic (exact) mass is 212 g/mol. The van der Waals surface area contributed by atoms with E-state index in [1.165, 1.54) is 0 Å². The first kappa shape index (κ1) is 10.9. The molecule has 0 amide bonds. The topological polar surface area (TPSA) is 56.5 Å². The second-order valence-electron chi connectivity index (χ2n) is 4.27. The van der Waals surface area contributed by atoms with Gasteiger partial charge in [-0.25, -0.2) is 5.43 Å². The number of hydrogen-bond acceptors (Lipinski definition) is 4. The average Bonchev–Trinajstić information content (AvgIpc) is 2.68. The number of ether oxygens (including phenoxy) is 2. The Morgan fingerprint density at radius 2 is 2.40 bits per heavy atom. The summed E-state index contributed by atoms with van der Waals surface area (Å²) in [6.45, 7) is 3.74. The number of nitrogens with one attached hydrogen (secondary N) is 1. The Bertz CT molecular complexity index is 243. The molecule has 0 saturated carbocycles. The Balaban J connectivity index is 2.05. The highest BCUT2D eigenvalue weighted by Gasteiger charge is 2.34. The molecule has 0 aromatic rings. The lowest BCUT2D eigenvalue weighted by Gasteiger charge is -2.29. The fourth-order valence-electron chi connectivity index (χ4n) is 2.40. The average molecular weight is 212 g/mol. The van der Waals surface area contributed by atoms with Crippen LogP contribution >= 0.6 is 0 Å². The van der Waals surface area contributed by atoms with Crippen LogP contribution in [0.25, 0.3) is 0 Å². The van der Waals surface area contributed by atoms with Gasteiger partial charge in [0.25, 0.3) is 0 Å². The standard InChI is InChI=1S/C11H20N2O2/c1-8-9(5-7-14-8)11(13-12)10-4-2-3-6-15-10/h4,8-9,11,13H,2-3,5-7,12H2,1H3. The van der Waals surface area contributed by atoms with E-state index in [1.807, 2.05) is 0 Å². The van der Waals surface area contributed by atoms with Crippen molar-refractivity contribution in [2.24, 2.45) is 11.8 Å². The van der Waals surface area contributed by atoms with Crippen molar-refractivity contribution in [3.63, 3.8) is 0 Å². The third-order valence-electron chi connectivity index (χ3n) is 3.31. The van der Waals surface area contributed by atoms with Gasteiger partial charge in [-0.1, -0.05) is 0 Å². The van der Waals surface area contributed by atoms with Crippen LogP contribution in [0.4, 0.5) is 0 Å². The molecule has 2 heterocycles. The normalized spacial score (nSPS) is 33.3. The highest BCUT2D eigenvalue weighted by atomic mass is 16.5. The molecule has 3 atom stereocenters. The maximum Gasteiger partial charge on any atom is 0.111 e. The Labute approximate surface area is 90.8 Å². The Hall–Kier alpha value is -0.580. The van der Waals surface area contributed by atoms with Crippen molar-refractivity contribution >= 4 is 0 Å². The summed E-state index contributed by atoms with van der Waals surface area (Å²) in [5.74, 6) is 7.05. The molecule has 1 fully saturated rings. The van der Waals surface area contributed by atoms with E-state index in [9.17, 15) is 0 Å². The van der Waals surface area contributed by atoms with Gasteiger partial charge in [0, 0.05) is 12.5 Å². The fraction of sp³-hybridized carbons (Fsp3) is 0.818. The first-order chi connectivity index (χ1) is 7.33. The summed E-state index contributed by atoms with van der Waals surface area (Å²) in [5.41, 5.74) is 2.87. The lowest BCUT2D eigenvalue weighted by molar-refractivity contribution is 0.0839. The van der Waals surface area contributed by atoms with Crippen LogP contribution in [0.3, 0.4) is 0 Å². The van der Waals surface area contributed by atoms with Crippen molar-refractivity contribution in [3.8, 4) is 0 Å². The van der Waals surface area contributed by atoms with Gasteiger partial charge in [0.2, 0.25) is 0 Å². The van der Waals surface area contributed by atoms with E-state index in [0.29, 0.717) is 5.92 Å². The number of allylic oxidation sites excluding steroid dienone is 1. The smallest absolute Gasteiger partial charge is 0.111 e. The van der Waals surface area contributed by atoms with Gasteiger partial charge < -0.3 is 9.47 Å². The molecule has 4 heteroatoms. The molecule has 0 aromatic heterocycles. The fourth-order valence-corrected chi connectivity index (χ4v) is 2.40. The van der Waals surface area contributed by atoms with E-state index < -0.39 is 0 Å². The second kappa shape index (κ2) is 4.96. The van der Waals surface area contributed by atoms with Crippen LogP contribution in [-0.2, 0) is 9.47 Å². The van der Waals surface area contributed by atoms with Gasteiger partial charge in [0.05, 0.1) is 18.8 Å². The van der Waals surface area contributed by atoms with E-state index in [-0.39, 0.29) is 12.1 Å². The lowest BCUT2D eigenvalue weighted by Crippen LogP contribution is -2.45. The van der Waals surface area contributed by atoms with Crippen LogP contribution in [0.5, 0.6) is 0 Å². The van der Waals surface area contributed by atoms with E-state index in [2.05, 4.69) is 18.4 Å². The molecule has 2 aliphatic rings. The summed E-state index contributed by atoms with van der Waals surface area (Å²) in [7, 11) is 0. The molecule has 2 aliphatic heterocycles. The van der Waals surface area contributed by atoms with Gasteiger partial charge in [-0.15, -0.1) is 0 Å². The SMILES string of the molecule is CC1OCCC1C(NN)C1=CCCCO1. The number of nitrogens with two attached hydrogens (primary N) is 1. The minimum atomic E-state index is 0.114. The lowest BCUT2D eigenvalue weighted by atomic mass is 9.91. The predicted molar refractivity (Wildman–Crippen MR) is 57.9 cm³/mol. The zero-order valence-electron chi connectivity index (χ0n) is 9.24. The Kier molecular flexibility index (Phi) is 3.61. The summed E-state index contributed by atoms with van der Waals surface area (Å²) >= 11 is 0. The van der Waals surface area contributed by atoms with Crippen LogP contribution in [0.1, 0.15) is 26.2 Å². The van der Waals surface area contributed by atoms with Crippen LogP contribution < -0.4 is 11.3 Å². The van der Waals surface area contributed by atoms with Crippen molar-refractivity contribution < 1.29 is 9.47 Å². The van der Waals surface area contributed by atoms with Crippen molar-refractivity contribution in [3.05, 3.63) is 11.8 Å². The van der Waals surface area contributed by atoms with Crippen molar-refractivity contribution in [2.75, 3.05) is 13.2 Å². The van der Waals surface area contributed by atoms with Gasteiger partial charge in [0.1, 0.15) is 5.76 Å². The number of hydrazine groups is 1. The molecule has 0 bridgehead atoms. The summed E-state index contributed by atoms with van der Waals surface area (Å²) in [5, 5.41) is 0. The minimum Gasteiger partial charge on any atom is -0.497 e. The largest absolute Gasteiger partial charge is 0.497 e. The molecule has 4 nitrogen and oxygen atoms in total.